The fourth-order valence-electron chi connectivity index (χ4n) is 2.94. The topological polar surface area (TPSA) is 144 Å². The van der Waals surface area contributed by atoms with Crippen molar-refractivity contribution in [3.05, 3.63) is 56.9 Å². The summed E-state index contributed by atoms with van der Waals surface area (Å²) in [5.74, 6) is -1.16. The number of pyridine rings is 1. The highest BCUT2D eigenvalue weighted by molar-refractivity contribution is 8.01. The van der Waals surface area contributed by atoms with Crippen LogP contribution in [0.25, 0.3) is 11.1 Å². The molecule has 0 N–H and O–H groups in total. The first kappa shape index (κ1) is 27.8. The summed E-state index contributed by atoms with van der Waals surface area (Å²) in [5, 5.41) is 11.3. The van der Waals surface area contributed by atoms with Gasteiger partial charge in [-0.2, -0.15) is 0 Å². The number of nitro benzene ring substituents is 1. The van der Waals surface area contributed by atoms with E-state index in [9.17, 15) is 24.3 Å². The number of ether oxygens (including phenoxy) is 1. The molecule has 1 heterocycles. The van der Waals surface area contributed by atoms with Crippen LogP contribution < -0.4 is 0 Å². The Morgan fingerprint density at radius 3 is 2.12 bits per heavy atom. The summed E-state index contributed by atoms with van der Waals surface area (Å²) in [6.45, 7) is 6.49. The molecule has 0 amide bonds. The third kappa shape index (κ3) is 6.57. The van der Waals surface area contributed by atoms with Crippen molar-refractivity contribution in [2.75, 3.05) is 18.6 Å². The molecule has 1 aromatic carbocycles. The summed E-state index contributed by atoms with van der Waals surface area (Å²) in [6, 6.07) is 5.35. The van der Waals surface area contributed by atoms with Crippen molar-refractivity contribution in [2.24, 2.45) is 0 Å². The van der Waals surface area contributed by atoms with E-state index >= 15 is 0 Å². The van der Waals surface area contributed by atoms with Crippen LogP contribution in [0, 0.1) is 24.0 Å². The SMILES string of the molecule is CCSOP(=O)(OSCC)OC(=O)c1c(C)nc(C)c(C(=O)OC)c1-c1cccc([N+](=O)[O-])c1. The predicted molar refractivity (Wildman–Crippen MR) is 129 cm³/mol. The molecule has 11 nitrogen and oxygen atoms in total. The predicted octanol–water partition coefficient (Wildman–Crippen LogP) is 5.69. The third-order valence-electron chi connectivity index (χ3n) is 4.22. The number of benzene rings is 1. The maximum absolute atomic E-state index is 13.3. The first-order valence-corrected chi connectivity index (χ1v) is 13.2. The number of aromatic nitrogens is 1. The highest BCUT2D eigenvalue weighted by Crippen LogP contribution is 2.56. The molecule has 0 unspecified atom stereocenters. The number of esters is 1. The van der Waals surface area contributed by atoms with Gasteiger partial charge in [0.25, 0.3) is 5.69 Å². The Hall–Kier alpha value is -2.44. The zero-order chi connectivity index (χ0) is 25.5. The van der Waals surface area contributed by atoms with Crippen LogP contribution in [0.1, 0.15) is 46.0 Å². The van der Waals surface area contributed by atoms with Crippen molar-refractivity contribution in [1.29, 1.82) is 0 Å². The van der Waals surface area contributed by atoms with Gasteiger partial charge in [-0.15, -0.1) is 0 Å². The van der Waals surface area contributed by atoms with E-state index in [2.05, 4.69) is 4.98 Å². The van der Waals surface area contributed by atoms with E-state index in [1.807, 2.05) is 0 Å². The summed E-state index contributed by atoms with van der Waals surface area (Å²) in [5.41, 5.74) is -0.0856. The number of hydrogen-bond acceptors (Lipinski definition) is 12. The van der Waals surface area contributed by atoms with Crippen LogP contribution in [-0.2, 0) is 21.8 Å². The standard InChI is InChI=1S/C20H23N2O9PS2/c1-6-33-30-32(27,31-34-7-2)29-20(24)17-13(4)21-12(3)16(19(23)28-5)18(17)14-9-8-10-15(11-14)22(25)26/h8-11H,6-7H2,1-5H3. The van der Waals surface area contributed by atoms with Crippen molar-refractivity contribution in [3.8, 4) is 11.1 Å². The van der Waals surface area contributed by atoms with Crippen molar-refractivity contribution >= 4 is 49.5 Å². The summed E-state index contributed by atoms with van der Waals surface area (Å²) in [4.78, 5) is 40.9. The molecule has 0 bridgehead atoms. The van der Waals surface area contributed by atoms with E-state index in [-0.39, 0.29) is 39.3 Å². The van der Waals surface area contributed by atoms with Crippen molar-refractivity contribution in [1.82, 2.24) is 4.98 Å². The minimum atomic E-state index is -4.36. The van der Waals surface area contributed by atoms with Crippen LogP contribution in [-0.4, -0.2) is 40.5 Å². The minimum Gasteiger partial charge on any atom is -0.465 e. The van der Waals surface area contributed by atoms with E-state index in [0.29, 0.717) is 11.5 Å². The Kier molecular flexibility index (Phi) is 10.1. The van der Waals surface area contributed by atoms with Gasteiger partial charge in [0.15, 0.2) is 0 Å². The lowest BCUT2D eigenvalue weighted by molar-refractivity contribution is -0.384. The number of methoxy groups -OCH3 is 1. The van der Waals surface area contributed by atoms with Gasteiger partial charge < -0.3 is 9.26 Å². The van der Waals surface area contributed by atoms with Crippen molar-refractivity contribution < 1.29 is 36.3 Å². The lowest BCUT2D eigenvalue weighted by Gasteiger charge is -2.19. The summed E-state index contributed by atoms with van der Waals surface area (Å²) >= 11 is 1.57. The second kappa shape index (κ2) is 12.3. The molecule has 0 aliphatic carbocycles. The van der Waals surface area contributed by atoms with E-state index in [4.69, 9.17) is 17.2 Å². The molecule has 0 radical (unpaired) electrons. The molecule has 184 valence electrons. The Morgan fingerprint density at radius 2 is 1.62 bits per heavy atom. The average Bonchev–Trinajstić information content (AvgIpc) is 2.80. The van der Waals surface area contributed by atoms with Crippen LogP contribution in [0.2, 0.25) is 0 Å². The van der Waals surface area contributed by atoms with E-state index in [1.54, 1.807) is 13.8 Å². The zero-order valence-electron chi connectivity index (χ0n) is 19.1. The normalized spacial score (nSPS) is 11.2. The Morgan fingerprint density at radius 1 is 1.06 bits per heavy atom. The van der Waals surface area contributed by atoms with E-state index in [1.165, 1.54) is 38.1 Å². The van der Waals surface area contributed by atoms with Gasteiger partial charge in [-0.25, -0.2) is 22.1 Å². The molecule has 0 spiro atoms. The van der Waals surface area contributed by atoms with Crippen molar-refractivity contribution in [2.45, 2.75) is 27.7 Å². The number of carbonyl (C=O) groups excluding carboxylic acids is 2. The lowest BCUT2D eigenvalue weighted by atomic mass is 9.92. The Balaban J connectivity index is 2.75. The average molecular weight is 531 g/mol. The first-order valence-electron chi connectivity index (χ1n) is 9.89. The molecule has 34 heavy (non-hydrogen) atoms. The highest BCUT2D eigenvalue weighted by Gasteiger charge is 2.36. The van der Waals surface area contributed by atoms with Gasteiger partial charge in [-0.1, -0.05) is 26.0 Å². The van der Waals surface area contributed by atoms with Crippen LogP contribution in [0.15, 0.2) is 24.3 Å². The zero-order valence-corrected chi connectivity index (χ0v) is 21.6. The van der Waals surface area contributed by atoms with Gasteiger partial charge in [0.1, 0.15) is 0 Å². The van der Waals surface area contributed by atoms with Crippen LogP contribution in [0.5, 0.6) is 0 Å². The molecule has 2 rings (SSSR count). The van der Waals surface area contributed by atoms with E-state index < -0.39 is 24.7 Å². The molecule has 0 atom stereocenters. The number of carbonyl (C=O) groups is 2. The number of rotatable bonds is 11. The monoisotopic (exact) mass is 530 g/mol. The molecule has 0 saturated carbocycles. The number of nitrogens with zero attached hydrogens (tertiary/aromatic N) is 2. The van der Waals surface area contributed by atoms with E-state index in [0.717, 1.165) is 31.2 Å². The maximum Gasteiger partial charge on any atom is 0.555 e. The maximum atomic E-state index is 13.3. The molecule has 2 aromatic rings. The molecule has 1 aromatic heterocycles. The lowest BCUT2D eigenvalue weighted by Crippen LogP contribution is -2.16. The summed E-state index contributed by atoms with van der Waals surface area (Å²) in [6.07, 6.45) is 0. The number of phosphoric acid groups is 1. The largest absolute Gasteiger partial charge is 0.555 e. The van der Waals surface area contributed by atoms with Gasteiger partial charge in [0.05, 0.1) is 34.5 Å². The number of aryl methyl sites for hydroxylation is 2. The molecule has 0 aliphatic heterocycles. The van der Waals surface area contributed by atoms with Gasteiger partial charge in [-0.05, 0) is 19.4 Å². The fraction of sp³-hybridized carbons (Fsp3) is 0.350. The van der Waals surface area contributed by atoms with Crippen LogP contribution in [0.3, 0.4) is 0 Å². The smallest absolute Gasteiger partial charge is 0.465 e. The third-order valence-corrected chi connectivity index (χ3v) is 7.38. The molecular formula is C20H23N2O9PS2. The van der Waals surface area contributed by atoms with Gasteiger partial charge >= 0.3 is 19.8 Å². The van der Waals surface area contributed by atoms with Crippen LogP contribution in [0.4, 0.5) is 5.69 Å². The number of nitro groups is 1. The van der Waals surface area contributed by atoms with Gasteiger partial charge in [-0.3, -0.25) is 15.1 Å². The number of non-ortho nitro benzene ring substituents is 1. The molecular weight excluding hydrogens is 507 g/mol. The second-order valence-electron chi connectivity index (χ2n) is 6.49. The Labute approximate surface area is 205 Å². The molecule has 14 heteroatoms. The first-order chi connectivity index (χ1) is 16.1. The molecule has 0 aliphatic rings. The minimum absolute atomic E-state index is 0.0108. The fourth-order valence-corrected chi connectivity index (χ4v) is 5.68. The van der Waals surface area contributed by atoms with Crippen LogP contribution >= 0.6 is 31.9 Å². The number of hydrogen-bond donors (Lipinski definition) is 0. The van der Waals surface area contributed by atoms with Crippen molar-refractivity contribution in [3.63, 3.8) is 0 Å². The quantitative estimate of drug-likeness (QED) is 0.116. The second-order valence-corrected chi connectivity index (χ2v) is 10.4. The molecule has 0 saturated heterocycles. The summed E-state index contributed by atoms with van der Waals surface area (Å²) in [7, 11) is -3.21. The molecule has 0 fully saturated rings. The van der Waals surface area contributed by atoms with Gasteiger partial charge in [0.2, 0.25) is 0 Å². The summed E-state index contributed by atoms with van der Waals surface area (Å²) < 4.78 is 33.3. The van der Waals surface area contributed by atoms with Gasteiger partial charge in [0, 0.05) is 53.3 Å². The Bertz CT molecular complexity index is 1130. The highest BCUT2D eigenvalue weighted by atomic mass is 32.2.